The number of ether oxygens (including phenoxy) is 1. The number of methoxy groups -OCH3 is 1. The normalized spacial score (nSPS) is 17.0. The number of piperazine rings is 1. The van der Waals surface area contributed by atoms with Crippen LogP contribution in [0, 0.1) is 0 Å². The van der Waals surface area contributed by atoms with Crippen molar-refractivity contribution < 1.29 is 22.7 Å². The predicted octanol–water partition coefficient (Wildman–Crippen LogP) is 0.508. The Balaban J connectivity index is 1.87. The molecule has 0 spiro atoms. The summed E-state index contributed by atoms with van der Waals surface area (Å²) < 4.78 is 42.4. The monoisotopic (exact) mass is 347 g/mol. The standard InChI is InChI=1S/C14H20F3N5O2/c1-24-9-11(18)6-12(23)21-2-4-22(5-3-21)13-19-7-10(8-20-13)14(15,16)17/h7-8,11H,2-6,9,18H2,1H3/t11-/m0/s1. The highest BCUT2D eigenvalue weighted by Crippen LogP contribution is 2.28. The number of aromatic nitrogens is 2. The van der Waals surface area contributed by atoms with Crippen molar-refractivity contribution in [2.45, 2.75) is 18.6 Å². The van der Waals surface area contributed by atoms with Crippen LogP contribution < -0.4 is 10.6 Å². The van der Waals surface area contributed by atoms with E-state index in [4.69, 9.17) is 10.5 Å². The van der Waals surface area contributed by atoms with Gasteiger partial charge in [0.1, 0.15) is 0 Å². The number of hydrogen-bond donors (Lipinski definition) is 1. The van der Waals surface area contributed by atoms with Gasteiger partial charge in [0, 0.05) is 58.1 Å². The van der Waals surface area contributed by atoms with E-state index in [1.54, 1.807) is 9.80 Å². The Kier molecular flexibility index (Phi) is 5.94. The fourth-order valence-electron chi connectivity index (χ4n) is 2.41. The second-order valence-corrected chi connectivity index (χ2v) is 5.56. The van der Waals surface area contributed by atoms with Crippen LogP contribution in [0.25, 0.3) is 0 Å². The topological polar surface area (TPSA) is 84.6 Å². The number of nitrogens with zero attached hydrogens (tertiary/aromatic N) is 4. The maximum Gasteiger partial charge on any atom is 0.419 e. The predicted molar refractivity (Wildman–Crippen MR) is 80.3 cm³/mol. The maximum atomic E-state index is 12.5. The Bertz CT molecular complexity index is 544. The molecule has 2 rings (SSSR count). The summed E-state index contributed by atoms with van der Waals surface area (Å²) >= 11 is 0. The van der Waals surface area contributed by atoms with E-state index >= 15 is 0 Å². The zero-order valence-electron chi connectivity index (χ0n) is 13.3. The van der Waals surface area contributed by atoms with Gasteiger partial charge < -0.3 is 20.3 Å². The van der Waals surface area contributed by atoms with Crippen LogP contribution in [0.1, 0.15) is 12.0 Å². The molecule has 0 aromatic carbocycles. The molecule has 0 aliphatic carbocycles. The molecule has 1 saturated heterocycles. The highest BCUT2D eigenvalue weighted by Gasteiger charge is 2.32. The van der Waals surface area contributed by atoms with Crippen molar-refractivity contribution in [1.82, 2.24) is 14.9 Å². The fourth-order valence-corrected chi connectivity index (χ4v) is 2.41. The molecule has 1 amide bonds. The third-order valence-corrected chi connectivity index (χ3v) is 3.70. The number of halogens is 3. The van der Waals surface area contributed by atoms with E-state index in [0.717, 1.165) is 12.4 Å². The highest BCUT2D eigenvalue weighted by atomic mass is 19.4. The molecule has 0 saturated carbocycles. The SMILES string of the molecule is COC[C@@H](N)CC(=O)N1CCN(c2ncc(C(F)(F)F)cn2)CC1. The smallest absolute Gasteiger partial charge is 0.383 e. The van der Waals surface area contributed by atoms with Gasteiger partial charge in [-0.1, -0.05) is 0 Å². The largest absolute Gasteiger partial charge is 0.419 e. The van der Waals surface area contributed by atoms with Crippen LogP contribution in [0.4, 0.5) is 19.1 Å². The van der Waals surface area contributed by atoms with Gasteiger partial charge in [-0.25, -0.2) is 9.97 Å². The lowest BCUT2D eigenvalue weighted by Crippen LogP contribution is -2.50. The number of anilines is 1. The molecule has 1 aliphatic heterocycles. The van der Waals surface area contributed by atoms with Crippen LogP contribution in [-0.4, -0.2) is 66.7 Å². The summed E-state index contributed by atoms with van der Waals surface area (Å²) in [5, 5.41) is 0. The van der Waals surface area contributed by atoms with Gasteiger partial charge in [-0.15, -0.1) is 0 Å². The van der Waals surface area contributed by atoms with Crippen LogP contribution in [0.3, 0.4) is 0 Å². The number of carbonyl (C=O) groups excluding carboxylic acids is 1. The lowest BCUT2D eigenvalue weighted by Gasteiger charge is -2.35. The molecule has 134 valence electrons. The second kappa shape index (κ2) is 7.75. The third-order valence-electron chi connectivity index (χ3n) is 3.70. The minimum absolute atomic E-state index is 0.0625. The van der Waals surface area contributed by atoms with Crippen molar-refractivity contribution in [3.8, 4) is 0 Å². The Labute approximate surface area is 137 Å². The summed E-state index contributed by atoms with van der Waals surface area (Å²) in [7, 11) is 1.52. The van der Waals surface area contributed by atoms with E-state index in [1.165, 1.54) is 7.11 Å². The van der Waals surface area contributed by atoms with Crippen LogP contribution >= 0.6 is 0 Å². The molecule has 0 unspecified atom stereocenters. The summed E-state index contributed by atoms with van der Waals surface area (Å²) in [4.78, 5) is 23.1. The number of hydrogen-bond acceptors (Lipinski definition) is 6. The molecule has 1 aliphatic rings. The highest BCUT2D eigenvalue weighted by molar-refractivity contribution is 5.77. The zero-order valence-corrected chi connectivity index (χ0v) is 13.3. The van der Waals surface area contributed by atoms with Crippen molar-refractivity contribution in [3.63, 3.8) is 0 Å². The first-order chi connectivity index (χ1) is 11.3. The molecule has 1 fully saturated rings. The first-order valence-electron chi connectivity index (χ1n) is 7.47. The van der Waals surface area contributed by atoms with Crippen LogP contribution in [0.5, 0.6) is 0 Å². The van der Waals surface area contributed by atoms with E-state index in [1.807, 2.05) is 0 Å². The van der Waals surface area contributed by atoms with Crippen molar-refractivity contribution >= 4 is 11.9 Å². The first kappa shape index (κ1) is 18.4. The van der Waals surface area contributed by atoms with Gasteiger partial charge in [0.05, 0.1) is 12.2 Å². The number of alkyl halides is 3. The second-order valence-electron chi connectivity index (χ2n) is 5.56. The van der Waals surface area contributed by atoms with Gasteiger partial charge in [0.25, 0.3) is 0 Å². The lowest BCUT2D eigenvalue weighted by molar-refractivity contribution is -0.138. The molecule has 10 heteroatoms. The van der Waals surface area contributed by atoms with E-state index < -0.39 is 11.7 Å². The number of rotatable bonds is 5. The first-order valence-corrected chi connectivity index (χ1v) is 7.47. The molecule has 2 heterocycles. The molecular weight excluding hydrogens is 327 g/mol. The minimum Gasteiger partial charge on any atom is -0.383 e. The Morgan fingerprint density at radius 2 is 1.88 bits per heavy atom. The van der Waals surface area contributed by atoms with E-state index in [0.29, 0.717) is 32.8 Å². The van der Waals surface area contributed by atoms with Crippen LogP contribution in [0.2, 0.25) is 0 Å². The summed E-state index contributed by atoms with van der Waals surface area (Å²) in [6, 6.07) is -0.348. The van der Waals surface area contributed by atoms with Crippen molar-refractivity contribution in [2.75, 3.05) is 44.8 Å². The summed E-state index contributed by atoms with van der Waals surface area (Å²) in [6.07, 6.45) is -2.72. The van der Waals surface area contributed by atoms with Crippen LogP contribution in [0.15, 0.2) is 12.4 Å². The van der Waals surface area contributed by atoms with Gasteiger partial charge in [-0.3, -0.25) is 4.79 Å². The van der Waals surface area contributed by atoms with Gasteiger partial charge >= 0.3 is 6.18 Å². The average molecular weight is 347 g/mol. The van der Waals surface area contributed by atoms with Crippen molar-refractivity contribution in [3.05, 3.63) is 18.0 Å². The van der Waals surface area contributed by atoms with Crippen molar-refractivity contribution in [2.24, 2.45) is 5.73 Å². The minimum atomic E-state index is -4.45. The number of nitrogens with two attached hydrogens (primary N) is 1. The number of carbonyl (C=O) groups is 1. The molecule has 24 heavy (non-hydrogen) atoms. The van der Waals surface area contributed by atoms with E-state index in [2.05, 4.69) is 9.97 Å². The third kappa shape index (κ3) is 4.78. The molecule has 2 N–H and O–H groups in total. The summed E-state index contributed by atoms with van der Waals surface area (Å²) in [5.41, 5.74) is 4.88. The molecule has 0 radical (unpaired) electrons. The molecular formula is C14H20F3N5O2. The molecule has 1 aromatic rings. The fraction of sp³-hybridized carbons (Fsp3) is 0.643. The zero-order chi connectivity index (χ0) is 17.7. The maximum absolute atomic E-state index is 12.5. The van der Waals surface area contributed by atoms with Gasteiger partial charge in [-0.2, -0.15) is 13.2 Å². The van der Waals surface area contributed by atoms with Gasteiger partial charge in [0.15, 0.2) is 0 Å². The quantitative estimate of drug-likeness (QED) is 0.835. The van der Waals surface area contributed by atoms with E-state index in [9.17, 15) is 18.0 Å². The van der Waals surface area contributed by atoms with Crippen molar-refractivity contribution in [1.29, 1.82) is 0 Å². The molecule has 1 aromatic heterocycles. The Hall–Kier alpha value is -1.94. The van der Waals surface area contributed by atoms with E-state index in [-0.39, 0.29) is 24.3 Å². The summed E-state index contributed by atoms with van der Waals surface area (Å²) in [6.45, 7) is 2.12. The Morgan fingerprint density at radius 1 is 1.29 bits per heavy atom. The van der Waals surface area contributed by atoms with Gasteiger partial charge in [-0.05, 0) is 0 Å². The average Bonchev–Trinajstić information content (AvgIpc) is 2.54. The molecule has 1 atom stereocenters. The van der Waals surface area contributed by atoms with Crippen LogP contribution in [-0.2, 0) is 15.7 Å². The molecule has 0 bridgehead atoms. The summed E-state index contributed by atoms with van der Waals surface area (Å²) in [5.74, 6) is 0.165. The van der Waals surface area contributed by atoms with Gasteiger partial charge in [0.2, 0.25) is 11.9 Å². The lowest BCUT2D eigenvalue weighted by atomic mass is 10.2. The number of amides is 1. The molecule has 7 nitrogen and oxygen atoms in total. The Morgan fingerprint density at radius 3 is 2.38 bits per heavy atom.